The lowest BCUT2D eigenvalue weighted by molar-refractivity contribution is 0.0984. The van der Waals surface area contributed by atoms with Crippen LogP contribution in [0.2, 0.25) is 0 Å². The van der Waals surface area contributed by atoms with E-state index in [1.807, 2.05) is 18.2 Å². The summed E-state index contributed by atoms with van der Waals surface area (Å²) < 4.78 is 5.75. The Morgan fingerprint density at radius 1 is 0.960 bits per heavy atom. The van der Waals surface area contributed by atoms with Gasteiger partial charge >= 0.3 is 6.03 Å². The van der Waals surface area contributed by atoms with Crippen LogP contribution in [0.4, 0.5) is 10.5 Å². The Bertz CT molecular complexity index is 791. The van der Waals surface area contributed by atoms with Gasteiger partial charge in [-0.1, -0.05) is 42.5 Å². The number of urea groups is 1. The first-order valence-electron chi connectivity index (χ1n) is 8.62. The zero-order valence-electron chi connectivity index (χ0n) is 13.8. The van der Waals surface area contributed by atoms with Crippen LogP contribution in [0.25, 0.3) is 0 Å². The van der Waals surface area contributed by atoms with Crippen LogP contribution >= 0.6 is 0 Å². The van der Waals surface area contributed by atoms with Crippen molar-refractivity contribution in [3.63, 3.8) is 0 Å². The molecule has 0 unspecified atom stereocenters. The van der Waals surface area contributed by atoms with Gasteiger partial charge in [-0.15, -0.1) is 0 Å². The maximum atomic E-state index is 12.5. The smallest absolute Gasteiger partial charge is 0.319 e. The minimum atomic E-state index is -0.259. The van der Waals surface area contributed by atoms with Gasteiger partial charge in [-0.05, 0) is 31.4 Å². The second-order valence-corrected chi connectivity index (χ2v) is 6.59. The second-order valence-electron chi connectivity index (χ2n) is 6.59. The molecule has 2 fully saturated rings. The van der Waals surface area contributed by atoms with Gasteiger partial charge in [0, 0.05) is 16.8 Å². The molecule has 2 aromatic carbocycles. The lowest BCUT2D eigenvalue weighted by Gasteiger charge is -2.20. The Kier molecular flexibility index (Phi) is 4.24. The predicted molar refractivity (Wildman–Crippen MR) is 94.8 cm³/mol. The van der Waals surface area contributed by atoms with Crippen LogP contribution in [-0.2, 0) is 4.74 Å². The number of carbonyl (C=O) groups is 2. The number of ether oxygens (including phenoxy) is 1. The van der Waals surface area contributed by atoms with Crippen LogP contribution in [-0.4, -0.2) is 30.1 Å². The molecule has 25 heavy (non-hydrogen) atoms. The molecule has 4 rings (SSSR count). The van der Waals surface area contributed by atoms with Gasteiger partial charge in [0.05, 0.1) is 18.2 Å². The Balaban J connectivity index is 1.41. The van der Waals surface area contributed by atoms with Gasteiger partial charge in [-0.2, -0.15) is 0 Å². The van der Waals surface area contributed by atoms with Crippen LogP contribution < -0.4 is 10.6 Å². The van der Waals surface area contributed by atoms with Gasteiger partial charge in [0.2, 0.25) is 0 Å². The molecule has 2 aliphatic heterocycles. The normalized spacial score (nSPS) is 24.1. The molecular formula is C20H20N2O3. The fourth-order valence-electron chi connectivity index (χ4n) is 3.62. The van der Waals surface area contributed by atoms with Crippen molar-refractivity contribution in [2.24, 2.45) is 0 Å². The molecule has 0 saturated carbocycles. The summed E-state index contributed by atoms with van der Waals surface area (Å²) in [6.07, 6.45) is 3.42. The first kappa shape index (κ1) is 15.8. The zero-order chi connectivity index (χ0) is 17.2. The van der Waals surface area contributed by atoms with E-state index in [1.54, 1.807) is 36.4 Å². The Morgan fingerprint density at radius 2 is 1.76 bits per heavy atom. The second kappa shape index (κ2) is 6.69. The molecule has 128 valence electrons. The molecule has 5 nitrogen and oxygen atoms in total. The lowest BCUT2D eigenvalue weighted by Crippen LogP contribution is -2.43. The number of hydrogen-bond acceptors (Lipinski definition) is 3. The molecule has 2 saturated heterocycles. The molecule has 0 aromatic heterocycles. The maximum Gasteiger partial charge on any atom is 0.319 e. The molecule has 0 aliphatic carbocycles. The Hall–Kier alpha value is -2.66. The molecule has 2 amide bonds. The number of benzene rings is 2. The fraction of sp³-hybridized carbons (Fsp3) is 0.300. The highest BCUT2D eigenvalue weighted by Crippen LogP contribution is 2.34. The average molecular weight is 336 g/mol. The summed E-state index contributed by atoms with van der Waals surface area (Å²) >= 11 is 0. The average Bonchev–Trinajstić information content (AvgIpc) is 3.25. The molecule has 5 heteroatoms. The van der Waals surface area contributed by atoms with Crippen molar-refractivity contribution in [3.8, 4) is 0 Å². The van der Waals surface area contributed by atoms with E-state index in [-0.39, 0.29) is 24.0 Å². The molecular weight excluding hydrogens is 316 g/mol. The molecule has 2 aromatic rings. The fourth-order valence-corrected chi connectivity index (χ4v) is 3.62. The summed E-state index contributed by atoms with van der Waals surface area (Å²) in [5.41, 5.74) is 1.78. The van der Waals surface area contributed by atoms with Gasteiger partial charge in [0.25, 0.3) is 0 Å². The van der Waals surface area contributed by atoms with Crippen LogP contribution in [0.15, 0.2) is 54.6 Å². The quantitative estimate of drug-likeness (QED) is 0.841. The van der Waals surface area contributed by atoms with Crippen molar-refractivity contribution in [3.05, 3.63) is 65.7 Å². The molecule has 0 spiro atoms. The van der Waals surface area contributed by atoms with Crippen molar-refractivity contribution < 1.29 is 14.3 Å². The van der Waals surface area contributed by atoms with E-state index in [0.717, 1.165) is 19.3 Å². The van der Waals surface area contributed by atoms with E-state index >= 15 is 0 Å². The zero-order valence-corrected chi connectivity index (χ0v) is 13.8. The highest BCUT2D eigenvalue weighted by Gasteiger charge is 2.41. The number of amides is 2. The number of hydrogen-bond donors (Lipinski definition) is 2. The number of carbonyl (C=O) groups excluding carboxylic acids is 2. The summed E-state index contributed by atoms with van der Waals surface area (Å²) in [4.78, 5) is 24.7. The molecule has 2 bridgehead atoms. The number of ketones is 1. The minimum Gasteiger partial charge on any atom is -0.373 e. The number of nitrogens with one attached hydrogen (secondary N) is 2. The molecule has 3 atom stereocenters. The topological polar surface area (TPSA) is 67.4 Å². The van der Waals surface area contributed by atoms with E-state index in [9.17, 15) is 9.59 Å². The summed E-state index contributed by atoms with van der Waals surface area (Å²) in [6.45, 7) is 0. The summed E-state index contributed by atoms with van der Waals surface area (Å²) in [5.74, 6) is -0.0637. The highest BCUT2D eigenvalue weighted by atomic mass is 16.5. The minimum absolute atomic E-state index is 0.0637. The van der Waals surface area contributed by atoms with Crippen LogP contribution in [0, 0.1) is 0 Å². The van der Waals surface area contributed by atoms with Crippen molar-refractivity contribution in [1.29, 1.82) is 0 Å². The van der Waals surface area contributed by atoms with Crippen LogP contribution in [0.3, 0.4) is 0 Å². The Morgan fingerprint density at radius 3 is 2.48 bits per heavy atom. The summed E-state index contributed by atoms with van der Waals surface area (Å²) in [5, 5.41) is 5.80. The van der Waals surface area contributed by atoms with Crippen molar-refractivity contribution >= 4 is 17.5 Å². The SMILES string of the molecule is O=C(Nc1cccc(C(=O)c2ccccc2)c1)N[C@@H]1C[C@H]2CC[C@H]1O2. The van der Waals surface area contributed by atoms with Crippen molar-refractivity contribution in [1.82, 2.24) is 5.32 Å². The van der Waals surface area contributed by atoms with E-state index < -0.39 is 0 Å². The van der Waals surface area contributed by atoms with Gasteiger partial charge in [0.1, 0.15) is 0 Å². The third-order valence-electron chi connectivity index (χ3n) is 4.84. The first-order valence-corrected chi connectivity index (χ1v) is 8.62. The molecule has 2 N–H and O–H groups in total. The predicted octanol–water partition coefficient (Wildman–Crippen LogP) is 3.36. The number of anilines is 1. The Labute approximate surface area is 146 Å². The van der Waals surface area contributed by atoms with Crippen LogP contribution in [0.1, 0.15) is 35.2 Å². The number of fused-ring (bicyclic) bond motifs is 2. The number of rotatable bonds is 4. The third-order valence-corrected chi connectivity index (χ3v) is 4.84. The van der Waals surface area contributed by atoms with E-state index in [0.29, 0.717) is 22.9 Å². The van der Waals surface area contributed by atoms with Crippen molar-refractivity contribution in [2.75, 3.05) is 5.32 Å². The monoisotopic (exact) mass is 336 g/mol. The lowest BCUT2D eigenvalue weighted by atomic mass is 9.96. The maximum absolute atomic E-state index is 12.5. The molecule has 2 heterocycles. The summed E-state index contributed by atoms with van der Waals surface area (Å²) in [7, 11) is 0. The van der Waals surface area contributed by atoms with Crippen molar-refractivity contribution in [2.45, 2.75) is 37.5 Å². The van der Waals surface area contributed by atoms with Gasteiger partial charge in [-0.25, -0.2) is 4.79 Å². The van der Waals surface area contributed by atoms with Gasteiger partial charge in [0.15, 0.2) is 5.78 Å². The van der Waals surface area contributed by atoms with E-state index in [4.69, 9.17) is 4.74 Å². The van der Waals surface area contributed by atoms with Crippen LogP contribution in [0.5, 0.6) is 0 Å². The van der Waals surface area contributed by atoms with E-state index in [1.165, 1.54) is 0 Å². The first-order chi connectivity index (χ1) is 12.2. The largest absolute Gasteiger partial charge is 0.373 e. The third kappa shape index (κ3) is 3.42. The highest BCUT2D eigenvalue weighted by molar-refractivity contribution is 6.09. The van der Waals surface area contributed by atoms with Gasteiger partial charge in [-0.3, -0.25) is 4.79 Å². The van der Waals surface area contributed by atoms with E-state index in [2.05, 4.69) is 10.6 Å². The van der Waals surface area contributed by atoms with Gasteiger partial charge < -0.3 is 15.4 Å². The standard InChI is InChI=1S/C20H20N2O3/c23-19(13-5-2-1-3-6-13)14-7-4-8-15(11-14)21-20(24)22-17-12-16-9-10-18(17)25-16/h1-8,11,16-18H,9-10,12H2,(H2,21,22,24)/t16-,17-,18-/m1/s1. The molecule has 2 aliphatic rings. The molecule has 0 radical (unpaired) electrons. The summed E-state index contributed by atoms with van der Waals surface area (Å²) in [6, 6.07) is 15.9.